The third-order valence-corrected chi connectivity index (χ3v) is 5.38. The van der Waals surface area contributed by atoms with E-state index in [1.165, 1.54) is 11.1 Å². The maximum absolute atomic E-state index is 5.04. The molecule has 0 unspecified atom stereocenters. The van der Waals surface area contributed by atoms with Crippen LogP contribution in [-0.2, 0) is 0 Å². The van der Waals surface area contributed by atoms with E-state index in [1.54, 1.807) is 0 Å². The van der Waals surface area contributed by atoms with Crippen LogP contribution in [0.2, 0.25) is 0 Å². The fourth-order valence-corrected chi connectivity index (χ4v) is 3.65. The number of fused-ring (bicyclic) bond motifs is 1. The summed E-state index contributed by atoms with van der Waals surface area (Å²) in [5.41, 5.74) is 8.81. The van der Waals surface area contributed by atoms with Crippen molar-refractivity contribution in [1.29, 1.82) is 0 Å². The van der Waals surface area contributed by atoms with Gasteiger partial charge in [-0.2, -0.15) is 0 Å². The summed E-state index contributed by atoms with van der Waals surface area (Å²) >= 11 is 0. The van der Waals surface area contributed by atoms with Gasteiger partial charge < -0.3 is 0 Å². The van der Waals surface area contributed by atoms with Crippen LogP contribution in [0, 0.1) is 13.8 Å². The first-order valence-electron chi connectivity index (χ1n) is 9.77. The van der Waals surface area contributed by atoms with Gasteiger partial charge in [0.2, 0.25) is 0 Å². The molecule has 0 amide bonds. The van der Waals surface area contributed by atoms with Crippen molar-refractivity contribution in [3.63, 3.8) is 0 Å². The number of hydrogen-bond acceptors (Lipinski definition) is 2. The van der Waals surface area contributed by atoms with Gasteiger partial charge in [0.1, 0.15) is 5.82 Å². The van der Waals surface area contributed by atoms with Crippen LogP contribution >= 0.6 is 0 Å². The number of rotatable bonds is 3. The molecule has 2 aromatic carbocycles. The highest BCUT2D eigenvalue weighted by Crippen LogP contribution is 2.31. The Balaban J connectivity index is 1.68. The molecule has 0 bridgehead atoms. The molecule has 0 fully saturated rings. The number of imidazole rings is 1. The molecule has 0 spiro atoms. The zero-order valence-electron chi connectivity index (χ0n) is 16.5. The average molecular weight is 375 g/mol. The average Bonchev–Trinajstić information content (AvgIpc) is 3.16. The molecule has 3 heteroatoms. The lowest BCUT2D eigenvalue weighted by molar-refractivity contribution is 1.16. The maximum atomic E-state index is 5.04. The van der Waals surface area contributed by atoms with E-state index in [-0.39, 0.29) is 0 Å². The molecule has 5 rings (SSSR count). The van der Waals surface area contributed by atoms with Crippen molar-refractivity contribution in [3.05, 3.63) is 102 Å². The molecule has 0 saturated heterocycles. The van der Waals surface area contributed by atoms with Crippen molar-refractivity contribution in [1.82, 2.24) is 14.4 Å². The van der Waals surface area contributed by atoms with Crippen LogP contribution in [-0.4, -0.2) is 14.4 Å². The highest BCUT2D eigenvalue weighted by Gasteiger charge is 2.14. The van der Waals surface area contributed by atoms with Crippen LogP contribution < -0.4 is 0 Å². The summed E-state index contributed by atoms with van der Waals surface area (Å²) in [6.45, 7) is 4.21. The van der Waals surface area contributed by atoms with Crippen molar-refractivity contribution >= 4 is 5.52 Å². The fraction of sp³-hybridized carbons (Fsp3) is 0.0769. The second-order valence-corrected chi connectivity index (χ2v) is 7.34. The summed E-state index contributed by atoms with van der Waals surface area (Å²) in [5, 5.41) is 0. The van der Waals surface area contributed by atoms with Gasteiger partial charge in [-0.3, -0.25) is 9.38 Å². The molecular formula is C26H21N3. The van der Waals surface area contributed by atoms with Gasteiger partial charge in [0.25, 0.3) is 0 Å². The number of nitrogens with zero attached hydrogens (tertiary/aromatic N) is 3. The van der Waals surface area contributed by atoms with E-state index in [9.17, 15) is 0 Å². The van der Waals surface area contributed by atoms with Crippen LogP contribution in [0.5, 0.6) is 0 Å². The zero-order valence-corrected chi connectivity index (χ0v) is 16.5. The molecule has 3 nitrogen and oxygen atoms in total. The number of benzene rings is 2. The Morgan fingerprint density at radius 3 is 2.28 bits per heavy atom. The van der Waals surface area contributed by atoms with Gasteiger partial charge in [0.05, 0.1) is 16.9 Å². The van der Waals surface area contributed by atoms with Gasteiger partial charge >= 0.3 is 0 Å². The topological polar surface area (TPSA) is 30.2 Å². The van der Waals surface area contributed by atoms with Gasteiger partial charge in [-0.25, -0.2) is 4.98 Å². The highest BCUT2D eigenvalue weighted by molar-refractivity contribution is 5.83. The van der Waals surface area contributed by atoms with Gasteiger partial charge in [-0.05, 0) is 49.2 Å². The lowest BCUT2D eigenvalue weighted by Crippen LogP contribution is -1.89. The van der Waals surface area contributed by atoms with E-state index in [1.807, 2.05) is 30.5 Å². The molecule has 140 valence electrons. The summed E-state index contributed by atoms with van der Waals surface area (Å²) in [5.74, 6) is 0.950. The number of pyridine rings is 2. The Hall–Kier alpha value is -3.72. The predicted molar refractivity (Wildman–Crippen MR) is 119 cm³/mol. The molecule has 3 aromatic heterocycles. The molecule has 0 aliphatic heterocycles. The Morgan fingerprint density at radius 2 is 1.45 bits per heavy atom. The standard InChI is InChI=1S/C26H21N3/c1-18-15-23(27-17-19(18)2)21-11-8-12-22(16-21)25-24-13-6-7-14-29(24)26(28-25)20-9-4-3-5-10-20/h3-17H,1-2H3. The minimum absolute atomic E-state index is 0.950. The van der Waals surface area contributed by atoms with Crippen LogP contribution in [0.15, 0.2) is 91.3 Å². The fourth-order valence-electron chi connectivity index (χ4n) is 3.65. The van der Waals surface area contributed by atoms with Crippen molar-refractivity contribution in [3.8, 4) is 33.9 Å². The maximum Gasteiger partial charge on any atom is 0.145 e. The molecule has 5 aromatic rings. The third-order valence-electron chi connectivity index (χ3n) is 5.38. The van der Waals surface area contributed by atoms with Crippen LogP contribution in [0.1, 0.15) is 11.1 Å². The summed E-state index contributed by atoms with van der Waals surface area (Å²) in [6.07, 6.45) is 4.01. The lowest BCUT2D eigenvalue weighted by atomic mass is 10.0. The van der Waals surface area contributed by atoms with Gasteiger partial charge in [0, 0.05) is 29.1 Å². The van der Waals surface area contributed by atoms with Crippen molar-refractivity contribution in [2.75, 3.05) is 0 Å². The number of aromatic nitrogens is 3. The van der Waals surface area contributed by atoms with Gasteiger partial charge in [-0.1, -0.05) is 54.6 Å². The van der Waals surface area contributed by atoms with E-state index < -0.39 is 0 Å². The largest absolute Gasteiger partial charge is 0.299 e. The van der Waals surface area contributed by atoms with Crippen molar-refractivity contribution in [2.45, 2.75) is 13.8 Å². The first kappa shape index (κ1) is 17.4. The SMILES string of the molecule is Cc1cnc(-c2cccc(-c3nc(-c4ccccc4)n4ccccc34)c2)cc1C. The molecule has 0 N–H and O–H groups in total. The van der Waals surface area contributed by atoms with E-state index in [0.29, 0.717) is 0 Å². The van der Waals surface area contributed by atoms with Crippen LogP contribution in [0.25, 0.3) is 39.4 Å². The van der Waals surface area contributed by atoms with E-state index in [0.717, 1.165) is 39.4 Å². The number of aryl methyl sites for hydroxylation is 2. The van der Waals surface area contributed by atoms with Gasteiger partial charge in [0.15, 0.2) is 0 Å². The summed E-state index contributed by atoms with van der Waals surface area (Å²) < 4.78 is 2.16. The molecule has 29 heavy (non-hydrogen) atoms. The minimum atomic E-state index is 0.950. The summed E-state index contributed by atoms with van der Waals surface area (Å²) in [4.78, 5) is 9.67. The Morgan fingerprint density at radius 1 is 0.690 bits per heavy atom. The molecule has 0 aliphatic carbocycles. The third kappa shape index (κ3) is 3.11. The van der Waals surface area contributed by atoms with E-state index in [2.05, 4.69) is 84.0 Å². The van der Waals surface area contributed by atoms with E-state index in [4.69, 9.17) is 4.98 Å². The summed E-state index contributed by atoms with van der Waals surface area (Å²) in [7, 11) is 0. The smallest absolute Gasteiger partial charge is 0.145 e. The molecule has 0 aliphatic rings. The summed E-state index contributed by atoms with van der Waals surface area (Å²) in [6, 6.07) is 27.2. The van der Waals surface area contributed by atoms with Gasteiger partial charge in [-0.15, -0.1) is 0 Å². The second-order valence-electron chi connectivity index (χ2n) is 7.34. The monoisotopic (exact) mass is 375 g/mol. The van der Waals surface area contributed by atoms with Crippen molar-refractivity contribution < 1.29 is 0 Å². The molecule has 0 saturated carbocycles. The highest BCUT2D eigenvalue weighted by atomic mass is 15.0. The van der Waals surface area contributed by atoms with E-state index >= 15 is 0 Å². The quantitative estimate of drug-likeness (QED) is 0.368. The van der Waals surface area contributed by atoms with Crippen LogP contribution in [0.3, 0.4) is 0 Å². The predicted octanol–water partition coefficient (Wildman–Crippen LogP) is 6.35. The first-order valence-corrected chi connectivity index (χ1v) is 9.77. The zero-order chi connectivity index (χ0) is 19.8. The molecule has 3 heterocycles. The lowest BCUT2D eigenvalue weighted by Gasteiger charge is -2.06. The Kier molecular flexibility index (Phi) is 4.21. The first-order chi connectivity index (χ1) is 14.2. The normalized spacial score (nSPS) is 11.1. The Bertz CT molecular complexity index is 1320. The van der Waals surface area contributed by atoms with Crippen LogP contribution in [0.4, 0.5) is 0 Å². The number of hydrogen-bond donors (Lipinski definition) is 0. The molecule has 0 atom stereocenters. The van der Waals surface area contributed by atoms with Crippen molar-refractivity contribution in [2.24, 2.45) is 0 Å². The molecular weight excluding hydrogens is 354 g/mol. The Labute approximate surface area is 170 Å². The second kappa shape index (κ2) is 7.02. The minimum Gasteiger partial charge on any atom is -0.299 e. The molecule has 0 radical (unpaired) electrons.